The highest BCUT2D eigenvalue weighted by atomic mass is 16.2. The molecular formula is C22H24N4O3. The molecule has 3 amide bonds. The van der Waals surface area contributed by atoms with Gasteiger partial charge < -0.3 is 9.88 Å². The average molecular weight is 392 g/mol. The number of allylic oxidation sites excluding steroid dienone is 2. The van der Waals surface area contributed by atoms with Crippen molar-refractivity contribution in [3.8, 4) is 0 Å². The van der Waals surface area contributed by atoms with Gasteiger partial charge >= 0.3 is 0 Å². The molecule has 7 nitrogen and oxygen atoms in total. The Kier molecular flexibility index (Phi) is 4.08. The molecule has 2 bridgehead atoms. The van der Waals surface area contributed by atoms with E-state index in [9.17, 15) is 14.4 Å². The number of imide groups is 1. The Bertz CT molecular complexity index is 1030. The molecule has 1 saturated carbocycles. The van der Waals surface area contributed by atoms with Crippen LogP contribution in [0.4, 0.5) is 0 Å². The lowest BCUT2D eigenvalue weighted by Gasteiger charge is -2.23. The summed E-state index contributed by atoms with van der Waals surface area (Å²) in [5.74, 6) is -0.235. The van der Waals surface area contributed by atoms with E-state index in [0.717, 1.165) is 29.8 Å². The van der Waals surface area contributed by atoms with Gasteiger partial charge in [-0.1, -0.05) is 24.3 Å². The lowest BCUT2D eigenvalue weighted by Crippen LogP contribution is -2.48. The van der Waals surface area contributed by atoms with E-state index in [2.05, 4.69) is 27.0 Å². The third-order valence-corrected chi connectivity index (χ3v) is 6.74. The minimum atomic E-state index is -0.820. The van der Waals surface area contributed by atoms with Gasteiger partial charge in [-0.05, 0) is 44.2 Å². The SMILES string of the molecule is CCn1c(CNC(=O)[C@H](C)N2C(=O)[C@H]3[C@H](C2=O)[C@H]2C=C[C@H]3C2)nc2ccccc21. The zero-order valence-electron chi connectivity index (χ0n) is 16.5. The molecule has 29 heavy (non-hydrogen) atoms. The van der Waals surface area contributed by atoms with Crippen LogP contribution in [0.2, 0.25) is 0 Å². The van der Waals surface area contributed by atoms with Gasteiger partial charge in [-0.25, -0.2) is 4.98 Å². The Hall–Kier alpha value is -2.96. The highest BCUT2D eigenvalue weighted by Crippen LogP contribution is 2.52. The largest absolute Gasteiger partial charge is 0.347 e. The number of aryl methyl sites for hydroxylation is 1. The highest BCUT2D eigenvalue weighted by molar-refractivity contribution is 6.09. The van der Waals surface area contributed by atoms with Crippen LogP contribution in [0.5, 0.6) is 0 Å². The number of fused-ring (bicyclic) bond motifs is 6. The van der Waals surface area contributed by atoms with Gasteiger partial charge in [-0.3, -0.25) is 19.3 Å². The number of nitrogens with zero attached hydrogens (tertiary/aromatic N) is 3. The molecule has 5 rings (SSSR count). The number of rotatable bonds is 5. The fourth-order valence-corrected chi connectivity index (χ4v) is 5.35. The summed E-state index contributed by atoms with van der Waals surface area (Å²) in [6, 6.07) is 7.02. The number of imidazole rings is 1. The molecule has 2 fully saturated rings. The second-order valence-electron chi connectivity index (χ2n) is 8.20. The molecule has 3 aliphatic rings. The van der Waals surface area contributed by atoms with Gasteiger partial charge in [0.1, 0.15) is 11.9 Å². The van der Waals surface area contributed by atoms with Gasteiger partial charge in [0.25, 0.3) is 0 Å². The van der Waals surface area contributed by atoms with Crippen molar-refractivity contribution in [1.29, 1.82) is 0 Å². The maximum Gasteiger partial charge on any atom is 0.243 e. The fourth-order valence-electron chi connectivity index (χ4n) is 5.35. The van der Waals surface area contributed by atoms with Gasteiger partial charge in [0.2, 0.25) is 17.7 Å². The summed E-state index contributed by atoms with van der Waals surface area (Å²) in [4.78, 5) is 44.4. The summed E-state index contributed by atoms with van der Waals surface area (Å²) in [5, 5.41) is 2.87. The third kappa shape index (κ3) is 2.56. The van der Waals surface area contributed by atoms with Crippen LogP contribution < -0.4 is 5.32 Å². The maximum atomic E-state index is 12.9. The first-order valence-electron chi connectivity index (χ1n) is 10.3. The van der Waals surface area contributed by atoms with Gasteiger partial charge in [0, 0.05) is 6.54 Å². The number of hydrogen-bond donors (Lipinski definition) is 1. The average Bonchev–Trinajstić information content (AvgIpc) is 3.47. The van der Waals surface area contributed by atoms with Gasteiger partial charge in [-0.2, -0.15) is 0 Å². The molecule has 150 valence electrons. The zero-order valence-corrected chi connectivity index (χ0v) is 16.5. The normalized spacial score (nSPS) is 28.4. The van der Waals surface area contributed by atoms with Crippen molar-refractivity contribution in [3.63, 3.8) is 0 Å². The summed E-state index contributed by atoms with van der Waals surface area (Å²) in [6.07, 6.45) is 5.00. The predicted octanol–water partition coefficient (Wildman–Crippen LogP) is 1.87. The van der Waals surface area contributed by atoms with Crippen molar-refractivity contribution < 1.29 is 14.4 Å². The van der Waals surface area contributed by atoms with Crippen LogP contribution in [0.15, 0.2) is 36.4 Å². The van der Waals surface area contributed by atoms with Gasteiger partial charge in [0.15, 0.2) is 0 Å². The molecule has 1 N–H and O–H groups in total. The van der Waals surface area contributed by atoms with E-state index in [1.807, 2.05) is 31.2 Å². The lowest BCUT2D eigenvalue weighted by atomic mass is 9.85. The predicted molar refractivity (Wildman–Crippen MR) is 106 cm³/mol. The molecule has 1 aliphatic heterocycles. The van der Waals surface area contributed by atoms with Crippen LogP contribution in [-0.2, 0) is 27.5 Å². The van der Waals surface area contributed by atoms with Crippen LogP contribution >= 0.6 is 0 Å². The molecule has 1 aromatic carbocycles. The van der Waals surface area contributed by atoms with Crippen LogP contribution in [0.3, 0.4) is 0 Å². The van der Waals surface area contributed by atoms with E-state index in [1.54, 1.807) is 6.92 Å². The number of carbonyl (C=O) groups is 3. The standard InChI is InChI=1S/C22H24N4O3/c1-3-25-16-7-5-4-6-15(16)24-17(25)11-23-20(27)12(2)26-21(28)18-13-8-9-14(10-13)19(18)22(26)29/h4-9,12-14,18-19H,3,10-11H2,1-2H3,(H,23,27)/t12-,13-,14-,18+,19+/m0/s1. The Morgan fingerprint density at radius 1 is 1.17 bits per heavy atom. The van der Waals surface area contributed by atoms with Crippen LogP contribution in [0, 0.1) is 23.7 Å². The number of aromatic nitrogens is 2. The Labute approximate surface area is 168 Å². The van der Waals surface area contributed by atoms with E-state index < -0.39 is 6.04 Å². The minimum absolute atomic E-state index is 0.145. The van der Waals surface area contributed by atoms with Crippen molar-refractivity contribution in [2.24, 2.45) is 23.7 Å². The van der Waals surface area contributed by atoms with Crippen LogP contribution in [0.1, 0.15) is 26.1 Å². The molecule has 0 radical (unpaired) electrons. The smallest absolute Gasteiger partial charge is 0.243 e. The van der Waals surface area contributed by atoms with E-state index in [-0.39, 0.29) is 47.9 Å². The molecule has 0 unspecified atom stereocenters. The van der Waals surface area contributed by atoms with E-state index in [0.29, 0.717) is 0 Å². The first-order chi connectivity index (χ1) is 14.0. The maximum absolute atomic E-state index is 12.9. The highest BCUT2D eigenvalue weighted by Gasteiger charge is 2.60. The molecule has 0 spiro atoms. The second-order valence-corrected chi connectivity index (χ2v) is 8.20. The van der Waals surface area contributed by atoms with Crippen molar-refractivity contribution in [3.05, 3.63) is 42.2 Å². The molecule has 2 aliphatic carbocycles. The Balaban J connectivity index is 1.31. The van der Waals surface area contributed by atoms with Gasteiger partial charge in [0.05, 0.1) is 29.4 Å². The van der Waals surface area contributed by atoms with Crippen molar-refractivity contribution >= 4 is 28.8 Å². The summed E-state index contributed by atoms with van der Waals surface area (Å²) < 4.78 is 2.06. The lowest BCUT2D eigenvalue weighted by molar-refractivity contribution is -0.148. The first-order valence-corrected chi connectivity index (χ1v) is 10.3. The number of nitrogens with one attached hydrogen (secondary N) is 1. The van der Waals surface area contributed by atoms with Crippen molar-refractivity contribution in [2.45, 2.75) is 39.4 Å². The third-order valence-electron chi connectivity index (χ3n) is 6.74. The number of benzene rings is 1. The van der Waals surface area contributed by atoms with Crippen molar-refractivity contribution in [2.75, 3.05) is 0 Å². The molecule has 5 atom stereocenters. The quantitative estimate of drug-likeness (QED) is 0.622. The number of amides is 3. The number of hydrogen-bond acceptors (Lipinski definition) is 4. The zero-order chi connectivity index (χ0) is 20.3. The monoisotopic (exact) mass is 392 g/mol. The van der Waals surface area contributed by atoms with Crippen LogP contribution in [-0.4, -0.2) is 38.2 Å². The molecule has 2 aromatic rings. The molecule has 1 saturated heterocycles. The van der Waals surface area contributed by atoms with E-state index >= 15 is 0 Å². The first kappa shape index (κ1) is 18.1. The summed E-state index contributed by atoms with van der Waals surface area (Å²) in [5.41, 5.74) is 1.90. The number of likely N-dealkylation sites (tertiary alicyclic amines) is 1. The van der Waals surface area contributed by atoms with Crippen LogP contribution in [0.25, 0.3) is 11.0 Å². The molecule has 1 aromatic heterocycles. The van der Waals surface area contributed by atoms with Gasteiger partial charge in [-0.15, -0.1) is 0 Å². The number of para-hydroxylation sites is 2. The topological polar surface area (TPSA) is 84.3 Å². The summed E-state index contributed by atoms with van der Waals surface area (Å²) >= 11 is 0. The Morgan fingerprint density at radius 2 is 1.83 bits per heavy atom. The summed E-state index contributed by atoms with van der Waals surface area (Å²) in [7, 11) is 0. The molecular weight excluding hydrogens is 368 g/mol. The molecule has 2 heterocycles. The minimum Gasteiger partial charge on any atom is -0.347 e. The molecule has 7 heteroatoms. The van der Waals surface area contributed by atoms with E-state index in [4.69, 9.17) is 0 Å². The number of carbonyl (C=O) groups excluding carboxylic acids is 3. The summed E-state index contributed by atoms with van der Waals surface area (Å²) in [6.45, 7) is 4.65. The Morgan fingerprint density at radius 3 is 2.48 bits per heavy atom. The van der Waals surface area contributed by atoms with Crippen molar-refractivity contribution in [1.82, 2.24) is 19.8 Å². The fraction of sp³-hybridized carbons (Fsp3) is 0.455. The van der Waals surface area contributed by atoms with E-state index in [1.165, 1.54) is 4.90 Å². The second kappa shape index (κ2) is 6.54.